The number of hydrogen-bond acceptors (Lipinski definition) is 6. The molecule has 0 atom stereocenters. The second-order valence-electron chi connectivity index (χ2n) is 5.31. The number of hydrogen-bond donors (Lipinski definition) is 0. The Bertz CT molecular complexity index is 937. The van der Waals surface area contributed by atoms with E-state index < -0.39 is 5.97 Å². The molecule has 1 aliphatic rings. The largest absolute Gasteiger partial charge is 0.455 e. The molecule has 0 saturated carbocycles. The first-order chi connectivity index (χ1) is 12.2. The zero-order valence-electron chi connectivity index (χ0n) is 12.9. The van der Waals surface area contributed by atoms with E-state index in [4.69, 9.17) is 30.3 Å². The van der Waals surface area contributed by atoms with Crippen LogP contribution in [-0.2, 0) is 11.3 Å². The van der Waals surface area contributed by atoms with Crippen molar-refractivity contribution in [3.8, 4) is 22.8 Å². The minimum absolute atomic E-state index is 0.0158. The number of halogens is 1. The summed E-state index contributed by atoms with van der Waals surface area (Å²) >= 11 is 5.97. The molecular weight excluding hydrogens is 346 g/mol. The van der Waals surface area contributed by atoms with E-state index >= 15 is 0 Å². The van der Waals surface area contributed by atoms with Crippen LogP contribution >= 0.6 is 11.6 Å². The first-order valence-electron chi connectivity index (χ1n) is 7.48. The van der Waals surface area contributed by atoms with E-state index in [1.807, 2.05) is 12.1 Å². The lowest BCUT2D eigenvalue weighted by molar-refractivity contribution is 0.0464. The number of esters is 1. The number of nitrogens with zero attached hydrogens (tertiary/aromatic N) is 1. The number of carbonyl (C=O) groups is 1. The third kappa shape index (κ3) is 3.16. The van der Waals surface area contributed by atoms with Gasteiger partial charge in [-0.25, -0.2) is 4.79 Å². The van der Waals surface area contributed by atoms with Crippen LogP contribution < -0.4 is 9.47 Å². The predicted molar refractivity (Wildman–Crippen MR) is 88.6 cm³/mol. The second-order valence-corrected chi connectivity index (χ2v) is 5.71. The highest BCUT2D eigenvalue weighted by atomic mass is 35.5. The maximum atomic E-state index is 12.0. The van der Waals surface area contributed by atoms with Crippen molar-refractivity contribution in [1.29, 1.82) is 0 Å². The number of ether oxygens (including phenoxy) is 3. The Morgan fingerprint density at radius 3 is 2.84 bits per heavy atom. The molecule has 0 aliphatic carbocycles. The third-order valence-electron chi connectivity index (χ3n) is 3.66. The number of carbonyl (C=O) groups excluding carboxylic acids is 1. The van der Waals surface area contributed by atoms with E-state index in [1.165, 1.54) is 0 Å². The Morgan fingerprint density at radius 1 is 1.12 bits per heavy atom. The van der Waals surface area contributed by atoms with Crippen LogP contribution in [0, 0.1) is 0 Å². The molecule has 0 spiro atoms. The molecule has 6 nitrogen and oxygen atoms in total. The predicted octanol–water partition coefficient (Wildman–Crippen LogP) is 4.08. The van der Waals surface area contributed by atoms with E-state index in [1.54, 1.807) is 36.4 Å². The summed E-state index contributed by atoms with van der Waals surface area (Å²) < 4.78 is 21.2. The molecule has 3 aromatic rings. The Hall–Kier alpha value is -2.99. The highest BCUT2D eigenvalue weighted by Crippen LogP contribution is 2.36. The molecule has 0 bridgehead atoms. The molecule has 7 heteroatoms. The lowest BCUT2D eigenvalue weighted by Gasteiger charge is -2.03. The van der Waals surface area contributed by atoms with Gasteiger partial charge in [-0.2, -0.15) is 0 Å². The van der Waals surface area contributed by atoms with Crippen LogP contribution in [0.1, 0.15) is 16.1 Å². The number of benzene rings is 2. The van der Waals surface area contributed by atoms with Crippen molar-refractivity contribution in [1.82, 2.24) is 5.16 Å². The standard InChI is InChI=1S/C18H12ClNO5/c19-14-4-2-1-3-13(14)18(21)22-9-12-8-16(25-20-12)11-5-6-15-17(7-11)24-10-23-15/h1-8H,9-10H2. The van der Waals surface area contributed by atoms with Crippen LogP contribution in [0.5, 0.6) is 11.5 Å². The van der Waals surface area contributed by atoms with E-state index in [2.05, 4.69) is 5.16 Å². The number of fused-ring (bicyclic) bond motifs is 1. The minimum atomic E-state index is -0.516. The molecule has 2 heterocycles. The Morgan fingerprint density at radius 2 is 1.96 bits per heavy atom. The molecule has 0 radical (unpaired) electrons. The summed E-state index contributed by atoms with van der Waals surface area (Å²) in [7, 11) is 0. The SMILES string of the molecule is O=C(OCc1cc(-c2ccc3c(c2)OCO3)on1)c1ccccc1Cl. The second kappa shape index (κ2) is 6.49. The molecule has 126 valence electrons. The van der Waals surface area contributed by atoms with Gasteiger partial charge in [0.1, 0.15) is 12.3 Å². The van der Waals surface area contributed by atoms with Crippen molar-refractivity contribution in [2.45, 2.75) is 6.61 Å². The van der Waals surface area contributed by atoms with Gasteiger partial charge in [0.15, 0.2) is 17.3 Å². The molecule has 0 amide bonds. The molecule has 25 heavy (non-hydrogen) atoms. The van der Waals surface area contributed by atoms with Gasteiger partial charge in [-0.1, -0.05) is 28.9 Å². The Balaban J connectivity index is 1.45. The lowest BCUT2D eigenvalue weighted by atomic mass is 10.1. The highest BCUT2D eigenvalue weighted by molar-refractivity contribution is 6.33. The van der Waals surface area contributed by atoms with Gasteiger partial charge in [0.25, 0.3) is 0 Å². The van der Waals surface area contributed by atoms with Gasteiger partial charge in [-0.05, 0) is 30.3 Å². The molecule has 0 saturated heterocycles. The van der Waals surface area contributed by atoms with E-state index in [-0.39, 0.29) is 13.4 Å². The summed E-state index contributed by atoms with van der Waals surface area (Å²) in [4.78, 5) is 12.0. The summed E-state index contributed by atoms with van der Waals surface area (Å²) in [5.41, 5.74) is 1.59. The summed E-state index contributed by atoms with van der Waals surface area (Å²) in [5.74, 6) is 1.37. The molecule has 0 unspecified atom stereocenters. The van der Waals surface area contributed by atoms with Crippen molar-refractivity contribution < 1.29 is 23.5 Å². The molecule has 0 fully saturated rings. The summed E-state index contributed by atoms with van der Waals surface area (Å²) in [5, 5.41) is 4.26. The fourth-order valence-electron chi connectivity index (χ4n) is 2.41. The van der Waals surface area contributed by atoms with Crippen molar-refractivity contribution >= 4 is 17.6 Å². The van der Waals surface area contributed by atoms with Gasteiger partial charge in [0, 0.05) is 11.6 Å². The monoisotopic (exact) mass is 357 g/mol. The van der Waals surface area contributed by atoms with Crippen LogP contribution in [0.2, 0.25) is 5.02 Å². The van der Waals surface area contributed by atoms with Gasteiger partial charge in [0.2, 0.25) is 6.79 Å². The van der Waals surface area contributed by atoms with Crippen LogP contribution in [0.4, 0.5) is 0 Å². The maximum absolute atomic E-state index is 12.0. The third-order valence-corrected chi connectivity index (χ3v) is 3.99. The van der Waals surface area contributed by atoms with Crippen molar-refractivity contribution in [3.05, 3.63) is 64.8 Å². The fourth-order valence-corrected chi connectivity index (χ4v) is 2.62. The molecule has 4 rings (SSSR count). The van der Waals surface area contributed by atoms with E-state index in [0.717, 1.165) is 5.56 Å². The van der Waals surface area contributed by atoms with Crippen LogP contribution in [0.15, 0.2) is 53.1 Å². The molecule has 2 aromatic carbocycles. The first-order valence-corrected chi connectivity index (χ1v) is 7.86. The summed E-state index contributed by atoms with van der Waals surface area (Å²) in [6.07, 6.45) is 0. The molecule has 1 aliphatic heterocycles. The van der Waals surface area contributed by atoms with Crippen molar-refractivity contribution in [2.24, 2.45) is 0 Å². The van der Waals surface area contributed by atoms with Crippen LogP contribution in [0.25, 0.3) is 11.3 Å². The van der Waals surface area contributed by atoms with Gasteiger partial charge in [0.05, 0.1) is 10.6 Å². The average molecular weight is 358 g/mol. The number of aromatic nitrogens is 1. The summed E-state index contributed by atoms with van der Waals surface area (Å²) in [6, 6.07) is 13.9. The quantitative estimate of drug-likeness (QED) is 0.655. The van der Waals surface area contributed by atoms with E-state index in [0.29, 0.717) is 33.5 Å². The maximum Gasteiger partial charge on any atom is 0.340 e. The normalized spacial score (nSPS) is 12.2. The molecule has 1 aromatic heterocycles. The minimum Gasteiger partial charge on any atom is -0.455 e. The van der Waals surface area contributed by atoms with Gasteiger partial charge in [-0.3, -0.25) is 0 Å². The van der Waals surface area contributed by atoms with Gasteiger partial charge in [-0.15, -0.1) is 0 Å². The fraction of sp³-hybridized carbons (Fsp3) is 0.111. The van der Waals surface area contributed by atoms with Gasteiger partial charge < -0.3 is 18.7 Å². The van der Waals surface area contributed by atoms with Crippen LogP contribution in [0.3, 0.4) is 0 Å². The van der Waals surface area contributed by atoms with Gasteiger partial charge >= 0.3 is 5.97 Å². The number of rotatable bonds is 4. The van der Waals surface area contributed by atoms with E-state index in [9.17, 15) is 4.79 Å². The molecule has 0 N–H and O–H groups in total. The van der Waals surface area contributed by atoms with Crippen LogP contribution in [-0.4, -0.2) is 17.9 Å². The zero-order chi connectivity index (χ0) is 17.2. The zero-order valence-corrected chi connectivity index (χ0v) is 13.7. The molecular formula is C18H12ClNO5. The van der Waals surface area contributed by atoms with Crippen molar-refractivity contribution in [3.63, 3.8) is 0 Å². The smallest absolute Gasteiger partial charge is 0.340 e. The Labute approximate surface area is 147 Å². The lowest BCUT2D eigenvalue weighted by Crippen LogP contribution is -2.05. The summed E-state index contributed by atoms with van der Waals surface area (Å²) in [6.45, 7) is 0.191. The average Bonchev–Trinajstić information content (AvgIpc) is 3.28. The topological polar surface area (TPSA) is 70.8 Å². The first kappa shape index (κ1) is 15.5. The van der Waals surface area contributed by atoms with Crippen molar-refractivity contribution in [2.75, 3.05) is 6.79 Å². The highest BCUT2D eigenvalue weighted by Gasteiger charge is 2.17. The Kier molecular flexibility index (Phi) is 4.03.